The topological polar surface area (TPSA) is 148 Å². The number of hydrogen-bond acceptors (Lipinski definition) is 9. The Morgan fingerprint density at radius 1 is 1.20 bits per heavy atom. The summed E-state index contributed by atoms with van der Waals surface area (Å²) in [7, 11) is 1.53. The number of anilines is 3. The number of carboxylic acids is 1. The lowest BCUT2D eigenvalue weighted by atomic mass is 9.98. The van der Waals surface area contributed by atoms with E-state index in [0.29, 0.717) is 26.7 Å². The van der Waals surface area contributed by atoms with E-state index in [1.807, 2.05) is 0 Å². The summed E-state index contributed by atoms with van der Waals surface area (Å²) in [6.07, 6.45) is -4.81. The monoisotopic (exact) mass is 702 g/mol. The lowest BCUT2D eigenvalue weighted by molar-refractivity contribution is -0.167. The average molecular weight is 703 g/mol. The van der Waals surface area contributed by atoms with E-state index in [0.717, 1.165) is 11.0 Å². The smallest absolute Gasteiger partial charge is 0.411 e. The minimum atomic E-state index is -4.64. The summed E-state index contributed by atoms with van der Waals surface area (Å²) in [5.41, 5.74) is 0.362. The van der Waals surface area contributed by atoms with Crippen molar-refractivity contribution >= 4 is 57.3 Å². The van der Waals surface area contributed by atoms with Crippen LogP contribution in [0, 0.1) is 19.7 Å². The number of pyridine rings is 1. The minimum absolute atomic E-state index is 0.000329. The maximum atomic E-state index is 15.4. The van der Waals surface area contributed by atoms with Crippen molar-refractivity contribution in [2.24, 2.45) is 0 Å². The number of alkyl halides is 3. The van der Waals surface area contributed by atoms with Gasteiger partial charge in [-0.1, -0.05) is 12.1 Å². The molecule has 4 aromatic rings. The number of fused-ring (bicyclic) bond motifs is 2. The Labute approximate surface area is 280 Å². The predicted molar refractivity (Wildman–Crippen MR) is 172 cm³/mol. The molecule has 0 bridgehead atoms. The van der Waals surface area contributed by atoms with Gasteiger partial charge in [0.1, 0.15) is 17.9 Å². The molecule has 1 saturated heterocycles. The zero-order chi connectivity index (χ0) is 35.4. The van der Waals surface area contributed by atoms with Gasteiger partial charge in [-0.15, -0.1) is 11.3 Å². The predicted octanol–water partition coefficient (Wildman–Crippen LogP) is 4.71. The quantitative estimate of drug-likeness (QED) is 0.233. The lowest BCUT2D eigenvalue weighted by Gasteiger charge is -2.38. The largest absolute Gasteiger partial charge is 0.480 e. The van der Waals surface area contributed by atoms with Crippen LogP contribution in [0.4, 0.5) is 39.5 Å². The summed E-state index contributed by atoms with van der Waals surface area (Å²) in [5, 5.41) is 24.7. The van der Waals surface area contributed by atoms with Crippen LogP contribution in [0.15, 0.2) is 42.6 Å². The van der Waals surface area contributed by atoms with Crippen molar-refractivity contribution < 1.29 is 46.9 Å². The SMILES string of the molecule is Cc1nc2c(s1)C(O)N(c1ccc(C[C@H](NC(=O)c3c(C)cc(N4CCOC[C@@H]4C(F)(F)F)cc3F)C(=O)O)c3cccnc13)C(=O)N2C. The zero-order valence-electron chi connectivity index (χ0n) is 26.3. The highest BCUT2D eigenvalue weighted by Gasteiger charge is 2.46. The van der Waals surface area contributed by atoms with E-state index in [1.165, 1.54) is 53.4 Å². The fraction of sp³-hybridized carbons (Fsp3) is 0.344. The van der Waals surface area contributed by atoms with Gasteiger partial charge in [-0.3, -0.25) is 19.6 Å². The molecule has 3 atom stereocenters. The van der Waals surface area contributed by atoms with Gasteiger partial charge in [0.15, 0.2) is 12.0 Å². The fourth-order valence-electron chi connectivity index (χ4n) is 6.15. The fourth-order valence-corrected chi connectivity index (χ4v) is 7.09. The Bertz CT molecular complexity index is 1950. The van der Waals surface area contributed by atoms with Gasteiger partial charge in [-0.05, 0) is 49.2 Å². The first-order valence-corrected chi connectivity index (χ1v) is 15.8. The number of aromatic nitrogens is 2. The molecule has 1 fully saturated rings. The molecule has 2 aromatic heterocycles. The van der Waals surface area contributed by atoms with Crippen LogP contribution in [0.25, 0.3) is 10.9 Å². The van der Waals surface area contributed by atoms with Crippen molar-refractivity contribution in [2.75, 3.05) is 41.5 Å². The summed E-state index contributed by atoms with van der Waals surface area (Å²) in [5.74, 6) is -3.26. The van der Waals surface area contributed by atoms with Crippen molar-refractivity contribution in [3.8, 4) is 0 Å². The highest BCUT2D eigenvalue weighted by atomic mass is 32.1. The van der Waals surface area contributed by atoms with Gasteiger partial charge in [-0.25, -0.2) is 19.0 Å². The van der Waals surface area contributed by atoms with Crippen LogP contribution < -0.4 is 20.0 Å². The molecule has 1 unspecified atom stereocenters. The first-order chi connectivity index (χ1) is 23.2. The van der Waals surface area contributed by atoms with Gasteiger partial charge < -0.3 is 25.2 Å². The van der Waals surface area contributed by atoms with Crippen LogP contribution in [0.1, 0.15) is 37.6 Å². The van der Waals surface area contributed by atoms with Gasteiger partial charge in [0.25, 0.3) is 5.91 Å². The summed E-state index contributed by atoms with van der Waals surface area (Å²) < 4.78 is 61.3. The number of nitrogens with one attached hydrogen (secondary N) is 1. The molecule has 4 heterocycles. The number of aryl methyl sites for hydroxylation is 2. The Kier molecular flexibility index (Phi) is 8.93. The summed E-state index contributed by atoms with van der Waals surface area (Å²) >= 11 is 1.24. The zero-order valence-corrected chi connectivity index (χ0v) is 27.1. The third-order valence-electron chi connectivity index (χ3n) is 8.49. The molecule has 258 valence electrons. The lowest BCUT2D eigenvalue weighted by Crippen LogP contribution is -2.53. The molecule has 0 spiro atoms. The third-order valence-corrected chi connectivity index (χ3v) is 9.49. The first kappa shape index (κ1) is 34.0. The van der Waals surface area contributed by atoms with E-state index in [2.05, 4.69) is 15.3 Å². The molecule has 6 rings (SSSR count). The normalized spacial score (nSPS) is 18.9. The van der Waals surface area contributed by atoms with Gasteiger partial charge in [0, 0.05) is 37.3 Å². The van der Waals surface area contributed by atoms with E-state index >= 15 is 4.39 Å². The highest BCUT2D eigenvalue weighted by molar-refractivity contribution is 7.12. The number of urea groups is 1. The number of thiazole rings is 1. The standard InChI is InChI=1S/C32H30F4N6O6S/c1-15-11-18(41-9-10-48-14-23(41)32(34,35)36)13-20(33)24(15)28(43)39-21(30(45)46)12-17-6-7-22(25-19(17)5-4-8-37-25)42-29(44)26-27(38-16(2)49-26)40(3)31(42)47/h4-8,11,13,21,23,29,44H,9-10,12,14H2,1-3H3,(H,39,43)(H,45,46)/t21-,23+,29?/m0/s1. The van der Waals surface area contributed by atoms with Gasteiger partial charge in [0.2, 0.25) is 0 Å². The van der Waals surface area contributed by atoms with E-state index in [9.17, 15) is 37.8 Å². The Balaban J connectivity index is 1.28. The van der Waals surface area contributed by atoms with Crippen LogP contribution in [0.3, 0.4) is 0 Å². The second-order valence-corrected chi connectivity index (χ2v) is 12.9. The van der Waals surface area contributed by atoms with Crippen LogP contribution in [0.2, 0.25) is 0 Å². The molecule has 2 aliphatic heterocycles. The number of hydrogen-bond donors (Lipinski definition) is 3. The number of carboxylic acid groups (broad SMARTS) is 1. The van der Waals surface area contributed by atoms with Crippen molar-refractivity contribution in [2.45, 2.75) is 44.8 Å². The highest BCUT2D eigenvalue weighted by Crippen LogP contribution is 2.42. The first-order valence-electron chi connectivity index (χ1n) is 15.0. The molecule has 0 radical (unpaired) electrons. The van der Waals surface area contributed by atoms with Gasteiger partial charge in [-0.2, -0.15) is 13.2 Å². The van der Waals surface area contributed by atoms with E-state index < -0.39 is 60.4 Å². The number of rotatable bonds is 7. The molecule has 0 saturated carbocycles. The van der Waals surface area contributed by atoms with Gasteiger partial charge in [0.05, 0.1) is 39.9 Å². The summed E-state index contributed by atoms with van der Waals surface area (Å²) in [6, 6.07) is 4.26. The van der Waals surface area contributed by atoms with Crippen LogP contribution in [0.5, 0.6) is 0 Å². The number of carbonyl (C=O) groups excluding carboxylic acids is 2. The number of morpholine rings is 1. The summed E-state index contributed by atoms with van der Waals surface area (Å²) in [4.78, 5) is 51.8. The third kappa shape index (κ3) is 6.24. The Morgan fingerprint density at radius 2 is 1.96 bits per heavy atom. The number of benzene rings is 2. The molecule has 2 aliphatic rings. The molecule has 3 amide bonds. The molecule has 0 aliphatic carbocycles. The Morgan fingerprint density at radius 3 is 2.65 bits per heavy atom. The Hall–Kier alpha value is -4.87. The van der Waals surface area contributed by atoms with Gasteiger partial charge >= 0.3 is 18.2 Å². The molecule has 12 nitrogen and oxygen atoms in total. The number of amides is 3. The van der Waals surface area contributed by atoms with Crippen LogP contribution in [-0.4, -0.2) is 83.2 Å². The number of aliphatic hydroxyl groups excluding tert-OH is 1. The number of aliphatic hydroxyl groups is 1. The van der Waals surface area contributed by atoms with E-state index in [1.54, 1.807) is 25.1 Å². The second-order valence-electron chi connectivity index (χ2n) is 11.7. The average Bonchev–Trinajstić information content (AvgIpc) is 3.45. The molecular weight excluding hydrogens is 672 g/mol. The molecule has 17 heteroatoms. The number of aliphatic carboxylic acids is 1. The minimum Gasteiger partial charge on any atom is -0.480 e. The summed E-state index contributed by atoms with van der Waals surface area (Å²) in [6.45, 7) is 2.33. The van der Waals surface area contributed by atoms with Crippen molar-refractivity contribution in [3.05, 3.63) is 75.0 Å². The molecule has 2 aromatic carbocycles. The number of nitrogens with zero attached hydrogens (tertiary/aromatic N) is 5. The van der Waals surface area contributed by atoms with Crippen molar-refractivity contribution in [1.82, 2.24) is 15.3 Å². The van der Waals surface area contributed by atoms with E-state index in [4.69, 9.17) is 4.74 Å². The van der Waals surface area contributed by atoms with E-state index in [-0.39, 0.29) is 42.0 Å². The van der Waals surface area contributed by atoms with Crippen molar-refractivity contribution in [1.29, 1.82) is 0 Å². The maximum absolute atomic E-state index is 15.4. The number of halogens is 4. The maximum Gasteiger partial charge on any atom is 0.411 e. The van der Waals surface area contributed by atoms with Crippen LogP contribution in [-0.2, 0) is 16.0 Å². The van der Waals surface area contributed by atoms with Crippen molar-refractivity contribution in [3.63, 3.8) is 0 Å². The number of carbonyl (C=O) groups is 3. The second kappa shape index (κ2) is 12.9. The van der Waals surface area contributed by atoms with Crippen LogP contribution >= 0.6 is 11.3 Å². The molecule has 3 N–H and O–H groups in total. The number of ether oxygens (including phenoxy) is 1. The molecular formula is C32H30F4N6O6S. The molecule has 49 heavy (non-hydrogen) atoms.